The first-order valence-corrected chi connectivity index (χ1v) is 7.51. The summed E-state index contributed by atoms with van der Waals surface area (Å²) < 4.78 is 10.7. The molecule has 1 amide bonds. The first kappa shape index (κ1) is 20.0. The van der Waals surface area contributed by atoms with Gasteiger partial charge >= 0.3 is 0 Å². The van der Waals surface area contributed by atoms with Crippen molar-refractivity contribution in [2.45, 2.75) is 13.2 Å². The average molecular weight is 351 g/mol. The smallest absolute Gasteiger partial charge is 0.251 e. The molecule has 2 aromatic rings. The zero-order valence-corrected chi connectivity index (χ0v) is 14.5. The maximum Gasteiger partial charge on any atom is 0.251 e. The van der Waals surface area contributed by atoms with Gasteiger partial charge in [0.1, 0.15) is 12.4 Å². The van der Waals surface area contributed by atoms with Gasteiger partial charge in [0, 0.05) is 31.3 Å². The van der Waals surface area contributed by atoms with Crippen molar-refractivity contribution in [1.29, 1.82) is 0 Å². The van der Waals surface area contributed by atoms with Crippen LogP contribution in [-0.4, -0.2) is 26.2 Å². The Hall–Kier alpha value is -2.08. The average Bonchev–Trinajstić information content (AvgIpc) is 2.60. The fourth-order valence-corrected chi connectivity index (χ4v) is 2.13. The van der Waals surface area contributed by atoms with E-state index in [0.29, 0.717) is 37.6 Å². The van der Waals surface area contributed by atoms with Crippen molar-refractivity contribution in [3.63, 3.8) is 0 Å². The van der Waals surface area contributed by atoms with Crippen LogP contribution >= 0.6 is 12.4 Å². The van der Waals surface area contributed by atoms with Gasteiger partial charge in [0.15, 0.2) is 0 Å². The molecule has 0 bridgehead atoms. The predicted molar refractivity (Wildman–Crippen MR) is 96.6 cm³/mol. The van der Waals surface area contributed by atoms with E-state index < -0.39 is 0 Å². The largest absolute Gasteiger partial charge is 0.489 e. The second kappa shape index (κ2) is 10.6. The standard InChI is InChI=1S/C18H22N2O3.ClH/c1-22-10-9-20-18(21)15-7-8-17(16(11-15)12-19)23-13-14-5-3-2-4-6-14;/h2-8,11H,9-10,12-13,19H2,1H3,(H,20,21);1H. The quantitative estimate of drug-likeness (QED) is 0.717. The van der Waals surface area contributed by atoms with Crippen LogP contribution in [0.3, 0.4) is 0 Å². The molecular weight excluding hydrogens is 328 g/mol. The lowest BCUT2D eigenvalue weighted by Crippen LogP contribution is -2.27. The third-order valence-electron chi connectivity index (χ3n) is 3.37. The van der Waals surface area contributed by atoms with Gasteiger partial charge < -0.3 is 20.5 Å². The lowest BCUT2D eigenvalue weighted by Gasteiger charge is -2.12. The van der Waals surface area contributed by atoms with Gasteiger partial charge in [0.2, 0.25) is 0 Å². The molecule has 0 unspecified atom stereocenters. The molecule has 0 saturated carbocycles. The Morgan fingerprint density at radius 1 is 1.17 bits per heavy atom. The summed E-state index contributed by atoms with van der Waals surface area (Å²) in [5, 5.41) is 2.78. The van der Waals surface area contributed by atoms with Gasteiger partial charge in [-0.2, -0.15) is 0 Å². The maximum absolute atomic E-state index is 12.0. The number of amides is 1. The lowest BCUT2D eigenvalue weighted by molar-refractivity contribution is 0.0937. The minimum Gasteiger partial charge on any atom is -0.489 e. The third-order valence-corrected chi connectivity index (χ3v) is 3.37. The predicted octanol–water partition coefficient (Wildman–Crippen LogP) is 2.52. The highest BCUT2D eigenvalue weighted by Crippen LogP contribution is 2.21. The molecule has 0 aromatic heterocycles. The third kappa shape index (κ3) is 5.85. The molecule has 3 N–H and O–H groups in total. The molecule has 130 valence electrons. The molecule has 0 saturated heterocycles. The Bertz CT molecular complexity index is 635. The summed E-state index contributed by atoms with van der Waals surface area (Å²) in [6.07, 6.45) is 0. The van der Waals surface area contributed by atoms with E-state index in [1.807, 2.05) is 30.3 Å². The van der Waals surface area contributed by atoms with Gasteiger partial charge in [0.05, 0.1) is 6.61 Å². The summed E-state index contributed by atoms with van der Waals surface area (Å²) >= 11 is 0. The molecule has 6 heteroatoms. The van der Waals surface area contributed by atoms with E-state index in [4.69, 9.17) is 15.2 Å². The molecular formula is C18H23ClN2O3. The SMILES string of the molecule is COCCNC(=O)c1ccc(OCc2ccccc2)c(CN)c1.Cl. The summed E-state index contributed by atoms with van der Waals surface area (Å²) in [6.45, 7) is 1.73. The van der Waals surface area contributed by atoms with Gasteiger partial charge in [-0.1, -0.05) is 30.3 Å². The van der Waals surface area contributed by atoms with E-state index in [-0.39, 0.29) is 18.3 Å². The Balaban J connectivity index is 0.00000288. The number of rotatable bonds is 8. The number of hydrogen-bond acceptors (Lipinski definition) is 4. The summed E-state index contributed by atoms with van der Waals surface area (Å²) in [7, 11) is 1.59. The van der Waals surface area contributed by atoms with E-state index in [1.54, 1.807) is 25.3 Å². The van der Waals surface area contributed by atoms with E-state index in [9.17, 15) is 4.79 Å². The molecule has 0 radical (unpaired) electrons. The first-order valence-electron chi connectivity index (χ1n) is 7.51. The minimum absolute atomic E-state index is 0. The molecule has 0 atom stereocenters. The fraction of sp³-hybridized carbons (Fsp3) is 0.278. The monoisotopic (exact) mass is 350 g/mol. The van der Waals surface area contributed by atoms with Crippen LogP contribution in [0, 0.1) is 0 Å². The minimum atomic E-state index is -0.147. The Morgan fingerprint density at radius 2 is 1.92 bits per heavy atom. The van der Waals surface area contributed by atoms with Crippen molar-refractivity contribution in [2.75, 3.05) is 20.3 Å². The van der Waals surface area contributed by atoms with Crippen molar-refractivity contribution in [3.05, 3.63) is 65.2 Å². The van der Waals surface area contributed by atoms with E-state index in [0.717, 1.165) is 11.1 Å². The first-order chi connectivity index (χ1) is 11.2. The van der Waals surface area contributed by atoms with E-state index >= 15 is 0 Å². The fourth-order valence-electron chi connectivity index (χ4n) is 2.13. The normalized spacial score (nSPS) is 9.92. The summed E-state index contributed by atoms with van der Waals surface area (Å²) in [5.74, 6) is 0.552. The lowest BCUT2D eigenvalue weighted by atomic mass is 10.1. The molecule has 0 fully saturated rings. The van der Waals surface area contributed by atoms with Gasteiger partial charge in [-0.25, -0.2) is 0 Å². The Labute approximate surface area is 148 Å². The van der Waals surface area contributed by atoms with Gasteiger partial charge in [0.25, 0.3) is 5.91 Å². The molecule has 0 aliphatic heterocycles. The topological polar surface area (TPSA) is 73.6 Å². The summed E-state index contributed by atoms with van der Waals surface area (Å²) in [6, 6.07) is 15.2. The number of benzene rings is 2. The van der Waals surface area contributed by atoms with E-state index in [1.165, 1.54) is 0 Å². The molecule has 2 rings (SSSR count). The Morgan fingerprint density at radius 3 is 2.58 bits per heavy atom. The van der Waals surface area contributed by atoms with Crippen molar-refractivity contribution in [3.8, 4) is 5.75 Å². The molecule has 0 heterocycles. The van der Waals surface area contributed by atoms with Crippen LogP contribution in [0.5, 0.6) is 5.75 Å². The summed E-state index contributed by atoms with van der Waals surface area (Å²) in [5.41, 5.74) is 8.23. The maximum atomic E-state index is 12.0. The number of hydrogen-bond donors (Lipinski definition) is 2. The van der Waals surface area contributed by atoms with Crippen LogP contribution in [0.2, 0.25) is 0 Å². The zero-order chi connectivity index (χ0) is 16.5. The summed E-state index contributed by atoms with van der Waals surface area (Å²) in [4.78, 5) is 12.0. The molecule has 2 aromatic carbocycles. The van der Waals surface area contributed by atoms with Gasteiger partial charge in [-0.05, 0) is 23.8 Å². The molecule has 0 aliphatic rings. The van der Waals surface area contributed by atoms with E-state index in [2.05, 4.69) is 5.32 Å². The van der Waals surface area contributed by atoms with Crippen LogP contribution < -0.4 is 15.8 Å². The van der Waals surface area contributed by atoms with Crippen molar-refractivity contribution in [1.82, 2.24) is 5.32 Å². The molecule has 0 aliphatic carbocycles. The number of nitrogens with one attached hydrogen (secondary N) is 1. The van der Waals surface area contributed by atoms with Crippen LogP contribution in [0.25, 0.3) is 0 Å². The molecule has 24 heavy (non-hydrogen) atoms. The van der Waals surface area contributed by atoms with Crippen LogP contribution in [0.15, 0.2) is 48.5 Å². The highest BCUT2D eigenvalue weighted by molar-refractivity contribution is 5.94. The van der Waals surface area contributed by atoms with Gasteiger partial charge in [-0.15, -0.1) is 12.4 Å². The van der Waals surface area contributed by atoms with Crippen molar-refractivity contribution >= 4 is 18.3 Å². The van der Waals surface area contributed by atoms with Crippen LogP contribution in [0.1, 0.15) is 21.5 Å². The number of carbonyl (C=O) groups excluding carboxylic acids is 1. The number of carbonyl (C=O) groups is 1. The van der Waals surface area contributed by atoms with Crippen molar-refractivity contribution in [2.24, 2.45) is 5.73 Å². The zero-order valence-electron chi connectivity index (χ0n) is 13.7. The number of methoxy groups -OCH3 is 1. The number of halogens is 1. The second-order valence-electron chi connectivity index (χ2n) is 5.05. The van der Waals surface area contributed by atoms with Gasteiger partial charge in [-0.3, -0.25) is 4.79 Å². The Kier molecular flexibility index (Phi) is 8.86. The van der Waals surface area contributed by atoms with Crippen LogP contribution in [0.4, 0.5) is 0 Å². The number of ether oxygens (including phenoxy) is 2. The highest BCUT2D eigenvalue weighted by atomic mass is 35.5. The highest BCUT2D eigenvalue weighted by Gasteiger charge is 2.10. The second-order valence-corrected chi connectivity index (χ2v) is 5.05. The molecule has 5 nitrogen and oxygen atoms in total. The molecule has 0 spiro atoms. The van der Waals surface area contributed by atoms with Crippen molar-refractivity contribution < 1.29 is 14.3 Å². The van der Waals surface area contributed by atoms with Crippen LogP contribution in [-0.2, 0) is 17.9 Å². The number of nitrogens with two attached hydrogens (primary N) is 1.